The number of carbonyl (C=O) groups is 1. The van der Waals surface area contributed by atoms with Gasteiger partial charge in [-0.15, -0.1) is 11.3 Å². The van der Waals surface area contributed by atoms with E-state index in [1.54, 1.807) is 11.3 Å². The van der Waals surface area contributed by atoms with E-state index >= 15 is 0 Å². The lowest BCUT2D eigenvalue weighted by atomic mass is 9.81. The first-order chi connectivity index (χ1) is 13.2. The van der Waals surface area contributed by atoms with E-state index in [2.05, 4.69) is 23.4 Å². The predicted molar refractivity (Wildman–Crippen MR) is 107 cm³/mol. The van der Waals surface area contributed by atoms with Crippen LogP contribution >= 0.6 is 11.3 Å². The van der Waals surface area contributed by atoms with Crippen LogP contribution in [-0.2, 0) is 11.2 Å². The van der Waals surface area contributed by atoms with Gasteiger partial charge >= 0.3 is 0 Å². The number of aryl methyl sites for hydroxylation is 1. The van der Waals surface area contributed by atoms with Gasteiger partial charge in [0.15, 0.2) is 11.4 Å². The van der Waals surface area contributed by atoms with Crippen LogP contribution in [0, 0.1) is 6.92 Å². The van der Waals surface area contributed by atoms with E-state index in [-0.39, 0.29) is 11.8 Å². The Morgan fingerprint density at radius 3 is 2.93 bits per heavy atom. The third kappa shape index (κ3) is 2.96. The average Bonchev–Trinajstić information content (AvgIpc) is 3.26. The smallest absolute Gasteiger partial charge is 0.201 e. The minimum absolute atomic E-state index is 0.152. The molecule has 2 aromatic heterocycles. The zero-order chi connectivity index (χ0) is 18.4. The molecule has 1 aromatic carbocycles. The van der Waals surface area contributed by atoms with Crippen molar-refractivity contribution in [1.29, 1.82) is 0 Å². The fraction of sp³-hybridized carbons (Fsp3) is 0.318. The first kappa shape index (κ1) is 16.6. The largest absolute Gasteiger partial charge is 0.440 e. The second-order valence-corrected chi connectivity index (χ2v) is 8.24. The summed E-state index contributed by atoms with van der Waals surface area (Å²) in [6, 6.07) is 9.78. The van der Waals surface area contributed by atoms with E-state index in [0.717, 1.165) is 41.6 Å². The maximum Gasteiger partial charge on any atom is 0.201 e. The minimum Gasteiger partial charge on any atom is -0.440 e. The van der Waals surface area contributed by atoms with E-state index in [1.165, 1.54) is 16.0 Å². The summed E-state index contributed by atoms with van der Waals surface area (Å²) >= 11 is 1.69. The molecule has 0 fully saturated rings. The summed E-state index contributed by atoms with van der Waals surface area (Å²) < 4.78 is 5.91. The van der Waals surface area contributed by atoms with Gasteiger partial charge in [-0.05, 0) is 48.9 Å². The number of oxazole rings is 1. The molecular weight excluding hydrogens is 356 g/mol. The molecule has 0 spiro atoms. The van der Waals surface area contributed by atoms with Crippen LogP contribution < -0.4 is 0 Å². The highest BCUT2D eigenvalue weighted by atomic mass is 32.1. The zero-order valence-corrected chi connectivity index (χ0v) is 16.0. The number of fused-ring (bicyclic) bond motifs is 1. The number of ketones is 1. The Labute approximate surface area is 161 Å². The number of Topliss-reactive ketones (excluding diaryl/α,β-unsaturated/α-hetero) is 1. The highest BCUT2D eigenvalue weighted by Crippen LogP contribution is 2.42. The number of aromatic nitrogens is 1. The number of para-hydroxylation sites is 2. The molecule has 2 aliphatic rings. The topological polar surface area (TPSA) is 55.5 Å². The number of hydrogen-bond donors (Lipinski definition) is 0. The maximum atomic E-state index is 12.7. The Hall–Kier alpha value is -2.53. The van der Waals surface area contributed by atoms with Crippen molar-refractivity contribution in [2.45, 2.75) is 45.1 Å². The molecule has 3 aromatic rings. The molecule has 0 bridgehead atoms. The number of dihydropyridines is 1. The monoisotopic (exact) mass is 376 g/mol. The number of benzene rings is 1. The molecule has 0 saturated carbocycles. The van der Waals surface area contributed by atoms with Crippen molar-refractivity contribution in [3.05, 3.63) is 63.2 Å². The van der Waals surface area contributed by atoms with Crippen LogP contribution in [0.4, 0.5) is 0 Å². The van der Waals surface area contributed by atoms with Gasteiger partial charge in [-0.2, -0.15) is 0 Å². The fourth-order valence-corrected chi connectivity index (χ4v) is 5.10. The number of thiophene rings is 1. The highest BCUT2D eigenvalue weighted by Gasteiger charge is 2.33. The molecule has 0 radical (unpaired) electrons. The highest BCUT2D eigenvalue weighted by molar-refractivity contribution is 7.10. The SMILES string of the molecule is Cc1ccsc1C1N=C(Cc2nc3ccccc3o2)CC2=C1C(=O)CCC2. The predicted octanol–water partition coefficient (Wildman–Crippen LogP) is 5.38. The van der Waals surface area contributed by atoms with Crippen LogP contribution in [0.1, 0.15) is 48.1 Å². The molecule has 0 N–H and O–H groups in total. The quantitative estimate of drug-likeness (QED) is 0.617. The van der Waals surface area contributed by atoms with Crippen LogP contribution in [0.25, 0.3) is 11.1 Å². The van der Waals surface area contributed by atoms with E-state index < -0.39 is 0 Å². The van der Waals surface area contributed by atoms with E-state index in [9.17, 15) is 4.79 Å². The first-order valence-corrected chi connectivity index (χ1v) is 10.3. The molecule has 27 heavy (non-hydrogen) atoms. The lowest BCUT2D eigenvalue weighted by Gasteiger charge is -2.29. The standard InChI is InChI=1S/C22H20N2O2S/c1-13-9-10-27-22(13)21-20-14(5-4-7-17(20)25)11-15(23-21)12-19-24-16-6-2-3-8-18(16)26-19/h2-3,6,8-10,21H,4-5,7,11-12H2,1H3. The van der Waals surface area contributed by atoms with Gasteiger partial charge in [-0.25, -0.2) is 4.98 Å². The number of allylic oxidation sites excluding steroid dienone is 1. The van der Waals surface area contributed by atoms with Crippen molar-refractivity contribution in [2.75, 3.05) is 0 Å². The van der Waals surface area contributed by atoms with Crippen molar-refractivity contribution in [1.82, 2.24) is 4.98 Å². The average molecular weight is 376 g/mol. The Morgan fingerprint density at radius 1 is 1.22 bits per heavy atom. The lowest BCUT2D eigenvalue weighted by Crippen LogP contribution is -2.24. The lowest BCUT2D eigenvalue weighted by molar-refractivity contribution is -0.116. The van der Waals surface area contributed by atoms with Gasteiger partial charge in [0.25, 0.3) is 0 Å². The Kier molecular flexibility index (Phi) is 4.05. The number of aliphatic imine (C=N–C) groups is 1. The summed E-state index contributed by atoms with van der Waals surface area (Å²) in [4.78, 5) is 23.5. The van der Waals surface area contributed by atoms with Gasteiger partial charge < -0.3 is 4.42 Å². The van der Waals surface area contributed by atoms with Gasteiger partial charge in [0, 0.05) is 29.0 Å². The minimum atomic E-state index is -0.152. The molecule has 5 rings (SSSR count). The van der Waals surface area contributed by atoms with E-state index in [4.69, 9.17) is 9.41 Å². The van der Waals surface area contributed by atoms with Gasteiger partial charge in [0.1, 0.15) is 11.6 Å². The third-order valence-electron chi connectivity index (χ3n) is 5.41. The maximum absolute atomic E-state index is 12.7. The van der Waals surface area contributed by atoms with Crippen LogP contribution in [0.3, 0.4) is 0 Å². The van der Waals surface area contributed by atoms with Gasteiger partial charge in [-0.3, -0.25) is 9.79 Å². The van der Waals surface area contributed by atoms with Crippen molar-refractivity contribution in [2.24, 2.45) is 4.99 Å². The van der Waals surface area contributed by atoms with Crippen molar-refractivity contribution in [3.63, 3.8) is 0 Å². The number of hydrogen-bond acceptors (Lipinski definition) is 5. The summed E-state index contributed by atoms with van der Waals surface area (Å²) in [5, 5.41) is 2.09. The van der Waals surface area contributed by atoms with Crippen LogP contribution in [-0.4, -0.2) is 16.5 Å². The Bertz CT molecular complexity index is 1070. The molecule has 5 heteroatoms. The molecule has 0 amide bonds. The first-order valence-electron chi connectivity index (χ1n) is 9.38. The van der Waals surface area contributed by atoms with E-state index in [0.29, 0.717) is 18.7 Å². The fourth-order valence-electron chi connectivity index (χ4n) is 4.13. The summed E-state index contributed by atoms with van der Waals surface area (Å²) in [5.41, 5.74) is 6.18. The van der Waals surface area contributed by atoms with Gasteiger partial charge in [0.2, 0.25) is 5.89 Å². The Balaban J connectivity index is 1.53. The summed E-state index contributed by atoms with van der Waals surface area (Å²) in [6.07, 6.45) is 3.95. The van der Waals surface area contributed by atoms with E-state index in [1.807, 2.05) is 24.3 Å². The number of carbonyl (C=O) groups excluding carboxylic acids is 1. The molecule has 3 heterocycles. The van der Waals surface area contributed by atoms with Crippen molar-refractivity contribution >= 4 is 33.9 Å². The third-order valence-corrected chi connectivity index (χ3v) is 6.48. The van der Waals surface area contributed by atoms with Crippen LogP contribution in [0.15, 0.2) is 56.3 Å². The molecule has 1 unspecified atom stereocenters. The molecule has 4 nitrogen and oxygen atoms in total. The van der Waals surface area contributed by atoms with Crippen molar-refractivity contribution in [3.8, 4) is 0 Å². The van der Waals surface area contributed by atoms with Crippen LogP contribution in [0.2, 0.25) is 0 Å². The normalized spacial score (nSPS) is 20.1. The molecule has 1 aliphatic heterocycles. The summed E-state index contributed by atoms with van der Waals surface area (Å²) in [5.74, 6) is 0.974. The zero-order valence-electron chi connectivity index (χ0n) is 15.2. The van der Waals surface area contributed by atoms with Crippen molar-refractivity contribution < 1.29 is 9.21 Å². The molecule has 136 valence electrons. The molecule has 1 atom stereocenters. The molecule has 0 saturated heterocycles. The number of nitrogens with zero attached hydrogens (tertiary/aromatic N) is 2. The summed E-state index contributed by atoms with van der Waals surface area (Å²) in [6.45, 7) is 2.10. The van der Waals surface area contributed by atoms with Gasteiger partial charge in [-0.1, -0.05) is 17.7 Å². The Morgan fingerprint density at radius 2 is 2.11 bits per heavy atom. The van der Waals surface area contributed by atoms with Crippen LogP contribution in [0.5, 0.6) is 0 Å². The van der Waals surface area contributed by atoms with Gasteiger partial charge in [0.05, 0.1) is 6.42 Å². The second-order valence-electron chi connectivity index (χ2n) is 7.29. The molecule has 1 aliphatic carbocycles. The summed E-state index contributed by atoms with van der Waals surface area (Å²) in [7, 11) is 0. The molecular formula is C22H20N2O2S. The second kappa shape index (κ2) is 6.57. The number of rotatable bonds is 3.